The van der Waals surface area contributed by atoms with Gasteiger partial charge in [-0.2, -0.15) is 0 Å². The van der Waals surface area contributed by atoms with Crippen molar-refractivity contribution in [3.05, 3.63) is 0 Å². The number of rotatable bonds is 6. The zero-order chi connectivity index (χ0) is 30.6. The highest BCUT2D eigenvalue weighted by atomic mass is 16.5. The maximum absolute atomic E-state index is 12.9. The fourth-order valence-corrected chi connectivity index (χ4v) is 12.4. The molecule has 4 aliphatic carbocycles. The molecule has 4 saturated carbocycles. The standard InChI is InChI=1S/C37H64N2O4/c1-7-33(40)42-32-23-26-15-16-27-28(37(26,4)25-31(32)39(6)21-13-10-14-22-39)17-18-36(3)29(27)24-30(35(36)43-34(41)8-2)38(5)19-11-9-12-20-38/h26-32,35H,7-25H2,1-6H3/q+2/t26-,27+,28-,29-,30?,31?,32-,35-,36-,37-/m0/s1. The molecule has 6 fully saturated rings. The van der Waals surface area contributed by atoms with E-state index < -0.39 is 0 Å². The second-order valence-corrected chi connectivity index (χ2v) is 17.1. The number of piperidine rings is 2. The number of ether oxygens (including phenoxy) is 2. The van der Waals surface area contributed by atoms with Crippen molar-refractivity contribution in [3.63, 3.8) is 0 Å². The number of hydrogen-bond donors (Lipinski definition) is 0. The monoisotopic (exact) mass is 600 g/mol. The summed E-state index contributed by atoms with van der Waals surface area (Å²) >= 11 is 0. The van der Waals surface area contributed by atoms with E-state index in [4.69, 9.17) is 9.47 Å². The van der Waals surface area contributed by atoms with E-state index in [1.165, 1.54) is 103 Å². The lowest BCUT2D eigenvalue weighted by atomic mass is 9.44. The van der Waals surface area contributed by atoms with Crippen molar-refractivity contribution in [1.82, 2.24) is 0 Å². The van der Waals surface area contributed by atoms with Crippen molar-refractivity contribution in [2.45, 2.75) is 148 Å². The molecule has 6 heteroatoms. The van der Waals surface area contributed by atoms with Crippen molar-refractivity contribution < 1.29 is 28.0 Å². The molecule has 6 nitrogen and oxygen atoms in total. The van der Waals surface area contributed by atoms with Gasteiger partial charge >= 0.3 is 11.9 Å². The summed E-state index contributed by atoms with van der Waals surface area (Å²) in [6.45, 7) is 14.0. The lowest BCUT2D eigenvalue weighted by Gasteiger charge is -2.63. The molecule has 43 heavy (non-hydrogen) atoms. The molecule has 2 unspecified atom stereocenters. The van der Waals surface area contributed by atoms with Crippen LogP contribution in [0.4, 0.5) is 0 Å². The quantitative estimate of drug-likeness (QED) is 0.246. The minimum atomic E-state index is -0.0108. The third-order valence-corrected chi connectivity index (χ3v) is 15.0. The van der Waals surface area contributed by atoms with Crippen molar-refractivity contribution >= 4 is 11.9 Å². The second kappa shape index (κ2) is 11.9. The van der Waals surface area contributed by atoms with Gasteiger partial charge in [-0.25, -0.2) is 0 Å². The number of quaternary nitrogens is 2. The summed E-state index contributed by atoms with van der Waals surface area (Å²) in [7, 11) is 4.97. The Hall–Kier alpha value is -1.14. The molecular weight excluding hydrogens is 536 g/mol. The molecular formula is C37H64N2O4+2. The summed E-state index contributed by atoms with van der Waals surface area (Å²) in [6.07, 6.45) is 17.4. The first-order valence-corrected chi connectivity index (χ1v) is 18.5. The van der Waals surface area contributed by atoms with Crippen molar-refractivity contribution in [3.8, 4) is 0 Å². The number of fused-ring (bicyclic) bond motifs is 5. The van der Waals surface area contributed by atoms with Crippen LogP contribution in [0.3, 0.4) is 0 Å². The van der Waals surface area contributed by atoms with Crippen LogP contribution in [0.1, 0.15) is 124 Å². The number of likely N-dealkylation sites (tertiary alicyclic amines) is 2. The van der Waals surface area contributed by atoms with Crippen LogP contribution in [0.5, 0.6) is 0 Å². The van der Waals surface area contributed by atoms with Gasteiger partial charge in [0.15, 0.2) is 12.2 Å². The van der Waals surface area contributed by atoms with Crippen LogP contribution in [0.15, 0.2) is 0 Å². The van der Waals surface area contributed by atoms with Crippen molar-refractivity contribution in [1.29, 1.82) is 0 Å². The van der Waals surface area contributed by atoms with Gasteiger partial charge in [0.05, 0.1) is 40.3 Å². The predicted octanol–water partition coefficient (Wildman–Crippen LogP) is 6.89. The van der Waals surface area contributed by atoms with E-state index in [2.05, 4.69) is 27.9 Å². The SMILES string of the molecule is CCC(=O)O[C@H]1C[C@@H]2CC[C@@H]3[C@H](CC[C@]4(C)[C@@H](OC(=O)CC)C([N+]5(C)CCCCC5)C[C@@H]34)[C@@]2(C)CC1[N+]1(C)CCCCC1. The van der Waals surface area contributed by atoms with Crippen LogP contribution in [0.25, 0.3) is 0 Å². The van der Waals surface area contributed by atoms with E-state index >= 15 is 0 Å². The van der Waals surface area contributed by atoms with Gasteiger partial charge < -0.3 is 18.4 Å². The molecule has 0 radical (unpaired) electrons. The molecule has 0 aromatic rings. The van der Waals surface area contributed by atoms with Gasteiger partial charge in [0.1, 0.15) is 12.1 Å². The number of carbonyl (C=O) groups excluding carboxylic acids is 2. The minimum Gasteiger partial charge on any atom is -0.456 e. The number of esters is 2. The Morgan fingerprint density at radius 3 is 1.88 bits per heavy atom. The first kappa shape index (κ1) is 31.8. The van der Waals surface area contributed by atoms with E-state index in [0.29, 0.717) is 48.1 Å². The van der Waals surface area contributed by atoms with Gasteiger partial charge in [0.25, 0.3) is 0 Å². The van der Waals surface area contributed by atoms with Gasteiger partial charge in [0.2, 0.25) is 0 Å². The summed E-state index contributed by atoms with van der Waals surface area (Å²) in [5.74, 6) is 2.69. The highest BCUT2D eigenvalue weighted by Crippen LogP contribution is 2.68. The summed E-state index contributed by atoms with van der Waals surface area (Å²) in [5.41, 5.74) is 0.372. The zero-order valence-corrected chi connectivity index (χ0v) is 28.6. The van der Waals surface area contributed by atoms with Gasteiger partial charge in [0, 0.05) is 31.1 Å². The second-order valence-electron chi connectivity index (χ2n) is 17.1. The first-order valence-electron chi connectivity index (χ1n) is 18.5. The number of likely N-dealkylation sites (N-methyl/N-ethyl adjacent to an activating group) is 2. The molecule has 2 aliphatic heterocycles. The Morgan fingerprint density at radius 1 is 0.698 bits per heavy atom. The number of carbonyl (C=O) groups is 2. The molecule has 0 aromatic carbocycles. The fourth-order valence-electron chi connectivity index (χ4n) is 12.4. The Labute approximate surface area is 262 Å². The van der Waals surface area contributed by atoms with Crippen LogP contribution < -0.4 is 0 Å². The number of hydrogen-bond acceptors (Lipinski definition) is 4. The Balaban J connectivity index is 1.30. The molecule has 244 valence electrons. The summed E-state index contributed by atoms with van der Waals surface area (Å²) in [5, 5.41) is 0. The smallest absolute Gasteiger partial charge is 0.306 e. The maximum Gasteiger partial charge on any atom is 0.306 e. The highest BCUT2D eigenvalue weighted by Gasteiger charge is 2.68. The van der Waals surface area contributed by atoms with E-state index in [-0.39, 0.29) is 29.6 Å². The van der Waals surface area contributed by atoms with Crippen molar-refractivity contribution in [2.24, 2.45) is 34.5 Å². The topological polar surface area (TPSA) is 52.6 Å². The summed E-state index contributed by atoms with van der Waals surface area (Å²) < 4.78 is 15.1. The van der Waals surface area contributed by atoms with Gasteiger partial charge in [-0.3, -0.25) is 9.59 Å². The van der Waals surface area contributed by atoms with Gasteiger partial charge in [-0.15, -0.1) is 0 Å². The van der Waals surface area contributed by atoms with Gasteiger partial charge in [-0.05, 0) is 99.7 Å². The first-order chi connectivity index (χ1) is 20.5. The Kier molecular flexibility index (Phi) is 8.81. The minimum absolute atomic E-state index is 0.000405. The van der Waals surface area contributed by atoms with E-state index in [9.17, 15) is 9.59 Å². The number of nitrogens with zero attached hydrogens (tertiary/aromatic N) is 2. The highest BCUT2D eigenvalue weighted by molar-refractivity contribution is 5.69. The molecule has 0 N–H and O–H groups in total. The van der Waals surface area contributed by atoms with Crippen LogP contribution >= 0.6 is 0 Å². The van der Waals surface area contributed by atoms with E-state index in [1.807, 2.05) is 13.8 Å². The molecule has 6 rings (SSSR count). The van der Waals surface area contributed by atoms with Crippen LogP contribution in [-0.2, 0) is 19.1 Å². The van der Waals surface area contributed by atoms with Crippen LogP contribution in [0, 0.1) is 34.5 Å². The molecule has 2 saturated heterocycles. The van der Waals surface area contributed by atoms with E-state index in [0.717, 1.165) is 21.3 Å². The molecule has 0 spiro atoms. The van der Waals surface area contributed by atoms with Crippen LogP contribution in [-0.4, -0.2) is 85.5 Å². The fraction of sp³-hybridized carbons (Fsp3) is 0.946. The maximum atomic E-state index is 12.9. The van der Waals surface area contributed by atoms with E-state index in [1.54, 1.807) is 0 Å². The Morgan fingerprint density at radius 2 is 1.28 bits per heavy atom. The summed E-state index contributed by atoms with van der Waals surface area (Å²) in [6, 6.07) is 0.848. The van der Waals surface area contributed by atoms with Gasteiger partial charge in [-0.1, -0.05) is 27.7 Å². The molecule has 6 aliphatic rings. The molecule has 10 atom stereocenters. The Bertz CT molecular complexity index is 1030. The zero-order valence-electron chi connectivity index (χ0n) is 28.6. The summed E-state index contributed by atoms with van der Waals surface area (Å²) in [4.78, 5) is 25.6. The molecule has 0 aromatic heterocycles. The largest absolute Gasteiger partial charge is 0.456 e. The van der Waals surface area contributed by atoms with Crippen LogP contribution in [0.2, 0.25) is 0 Å². The average Bonchev–Trinajstić information content (AvgIpc) is 3.30. The molecule has 0 bridgehead atoms. The van der Waals surface area contributed by atoms with Crippen molar-refractivity contribution in [2.75, 3.05) is 40.3 Å². The predicted molar refractivity (Wildman–Crippen MR) is 170 cm³/mol. The average molecular weight is 601 g/mol. The molecule has 0 amide bonds. The normalized spacial score (nSPS) is 45.3. The molecule has 2 heterocycles. The third-order valence-electron chi connectivity index (χ3n) is 15.0. The lowest BCUT2D eigenvalue weighted by molar-refractivity contribution is -0.943. The third kappa shape index (κ3) is 5.40. The lowest BCUT2D eigenvalue weighted by Crippen LogP contribution is -2.66.